The van der Waals surface area contributed by atoms with Crippen molar-refractivity contribution in [3.05, 3.63) is 62.7 Å². The fraction of sp³-hybridized carbons (Fsp3) is 0.350. The zero-order valence-corrected chi connectivity index (χ0v) is 17.3. The van der Waals surface area contributed by atoms with Crippen molar-refractivity contribution in [1.82, 2.24) is 5.32 Å². The quantitative estimate of drug-likeness (QED) is 0.219. The Morgan fingerprint density at radius 1 is 1.23 bits per heavy atom. The third-order valence-electron chi connectivity index (χ3n) is 4.10. The second kappa shape index (κ2) is 11.0. The average Bonchev–Trinajstić information content (AvgIpc) is 2.68. The number of benzene rings is 2. The first-order valence-corrected chi connectivity index (χ1v) is 9.66. The van der Waals surface area contributed by atoms with Gasteiger partial charge in [0, 0.05) is 18.2 Å². The number of alkyl halides is 3. The molecule has 0 saturated carbocycles. The highest BCUT2D eigenvalue weighted by atomic mass is 35.5. The molecule has 2 aromatic carbocycles. The van der Waals surface area contributed by atoms with E-state index in [0.717, 1.165) is 37.1 Å². The Bertz CT molecular complexity index is 938. The monoisotopic (exact) mass is 460 g/mol. The highest BCUT2D eigenvalue weighted by molar-refractivity contribution is 6.32. The van der Waals surface area contributed by atoms with Crippen LogP contribution in [-0.2, 0) is 22.1 Å². The average molecular weight is 461 g/mol. The van der Waals surface area contributed by atoms with E-state index in [0.29, 0.717) is 6.61 Å². The normalized spacial score (nSPS) is 11.3. The number of nitrogens with zero attached hydrogens (tertiary/aromatic N) is 1. The molecule has 31 heavy (non-hydrogen) atoms. The van der Waals surface area contributed by atoms with Gasteiger partial charge in [0.15, 0.2) is 0 Å². The van der Waals surface area contributed by atoms with Gasteiger partial charge in [-0.1, -0.05) is 24.9 Å². The number of unbranched alkanes of at least 4 members (excludes halogenated alkanes) is 1. The third-order valence-corrected chi connectivity index (χ3v) is 4.39. The molecule has 11 heteroatoms. The number of ether oxygens (including phenoxy) is 2. The molecule has 0 aliphatic rings. The topological polar surface area (TPSA) is 90.7 Å². The van der Waals surface area contributed by atoms with Gasteiger partial charge in [0.1, 0.15) is 18.2 Å². The maximum atomic E-state index is 12.8. The molecule has 2 aromatic rings. The Morgan fingerprint density at radius 3 is 2.58 bits per heavy atom. The molecular formula is C20H20ClF3N2O5. The first kappa shape index (κ1) is 24.4. The SMILES string of the molecule is CCCCOCNC(=O)Cc1cc(Oc2ccc(C(F)(F)F)cc2Cl)ccc1[N+](=O)[O-]. The summed E-state index contributed by atoms with van der Waals surface area (Å²) in [6.45, 7) is 2.45. The Hall–Kier alpha value is -2.85. The number of carbonyl (C=O) groups is 1. The summed E-state index contributed by atoms with van der Waals surface area (Å²) in [7, 11) is 0. The molecular weight excluding hydrogens is 441 g/mol. The van der Waals surface area contributed by atoms with Gasteiger partial charge in [-0.3, -0.25) is 14.9 Å². The Balaban J connectivity index is 2.14. The lowest BCUT2D eigenvalue weighted by molar-refractivity contribution is -0.385. The fourth-order valence-electron chi connectivity index (χ4n) is 2.52. The summed E-state index contributed by atoms with van der Waals surface area (Å²) < 4.78 is 49.0. The van der Waals surface area contributed by atoms with E-state index in [1.165, 1.54) is 12.1 Å². The van der Waals surface area contributed by atoms with E-state index in [1.807, 2.05) is 6.92 Å². The standard InChI is InChI=1S/C20H20ClF3N2O5/c1-2-3-8-30-12-25-19(27)10-13-9-15(5-6-17(13)26(28)29)31-18-7-4-14(11-16(18)21)20(22,23)24/h4-7,9,11H,2-3,8,10,12H2,1H3,(H,25,27). The Labute approximate surface area is 181 Å². The number of rotatable bonds is 10. The van der Waals surface area contributed by atoms with Gasteiger partial charge in [0.05, 0.1) is 21.9 Å². The Kier molecular flexibility index (Phi) is 8.64. The molecule has 0 aliphatic carbocycles. The predicted octanol–water partition coefficient (Wildman–Crippen LogP) is 5.49. The van der Waals surface area contributed by atoms with Crippen LogP contribution in [0.3, 0.4) is 0 Å². The minimum Gasteiger partial charge on any atom is -0.456 e. The summed E-state index contributed by atoms with van der Waals surface area (Å²) >= 11 is 5.87. The molecule has 0 heterocycles. The molecule has 0 saturated heterocycles. The fourth-order valence-corrected chi connectivity index (χ4v) is 2.74. The summed E-state index contributed by atoms with van der Waals surface area (Å²) in [6, 6.07) is 6.25. The van der Waals surface area contributed by atoms with Crippen molar-refractivity contribution in [3.8, 4) is 11.5 Å². The number of amides is 1. The molecule has 0 spiro atoms. The molecule has 2 rings (SSSR count). The molecule has 168 valence electrons. The number of nitro groups is 1. The highest BCUT2D eigenvalue weighted by Crippen LogP contribution is 2.37. The van der Waals surface area contributed by atoms with Crippen LogP contribution >= 0.6 is 11.6 Å². The van der Waals surface area contributed by atoms with Gasteiger partial charge < -0.3 is 14.8 Å². The van der Waals surface area contributed by atoms with Gasteiger partial charge >= 0.3 is 6.18 Å². The van der Waals surface area contributed by atoms with Crippen molar-refractivity contribution < 1.29 is 32.4 Å². The van der Waals surface area contributed by atoms with E-state index in [2.05, 4.69) is 5.32 Å². The number of halogens is 4. The summed E-state index contributed by atoms with van der Waals surface area (Å²) in [5, 5.41) is 13.5. The molecule has 0 atom stereocenters. The van der Waals surface area contributed by atoms with E-state index >= 15 is 0 Å². The summed E-state index contributed by atoms with van der Waals surface area (Å²) in [5.41, 5.74) is -1.17. The van der Waals surface area contributed by atoms with Crippen LogP contribution in [0.1, 0.15) is 30.9 Å². The van der Waals surface area contributed by atoms with Gasteiger partial charge in [-0.2, -0.15) is 13.2 Å². The lowest BCUT2D eigenvalue weighted by atomic mass is 10.1. The van der Waals surface area contributed by atoms with Crippen molar-refractivity contribution in [1.29, 1.82) is 0 Å². The first-order valence-electron chi connectivity index (χ1n) is 9.28. The van der Waals surface area contributed by atoms with E-state index in [4.69, 9.17) is 21.1 Å². The molecule has 0 bridgehead atoms. The minimum atomic E-state index is -4.56. The highest BCUT2D eigenvalue weighted by Gasteiger charge is 2.31. The summed E-state index contributed by atoms with van der Waals surface area (Å²) in [5.74, 6) is -0.484. The smallest absolute Gasteiger partial charge is 0.416 e. The molecule has 7 nitrogen and oxygen atoms in total. The van der Waals surface area contributed by atoms with Crippen LogP contribution in [0.5, 0.6) is 11.5 Å². The molecule has 0 fully saturated rings. The van der Waals surface area contributed by atoms with E-state index in [9.17, 15) is 28.1 Å². The largest absolute Gasteiger partial charge is 0.456 e. The van der Waals surface area contributed by atoms with Gasteiger partial charge in [0.2, 0.25) is 5.91 Å². The number of hydrogen-bond acceptors (Lipinski definition) is 5. The molecule has 0 aliphatic heterocycles. The van der Waals surface area contributed by atoms with E-state index in [-0.39, 0.29) is 40.9 Å². The molecule has 1 amide bonds. The second-order valence-electron chi connectivity index (χ2n) is 6.48. The van der Waals surface area contributed by atoms with Crippen LogP contribution in [-0.4, -0.2) is 24.2 Å². The summed E-state index contributed by atoms with van der Waals surface area (Å²) in [6.07, 6.45) is -3.09. The van der Waals surface area contributed by atoms with Crippen LogP contribution in [0.15, 0.2) is 36.4 Å². The molecule has 0 unspecified atom stereocenters. The number of nitrogens with one attached hydrogen (secondary N) is 1. The van der Waals surface area contributed by atoms with Gasteiger partial charge in [-0.25, -0.2) is 0 Å². The Morgan fingerprint density at radius 2 is 1.97 bits per heavy atom. The number of nitro benzene ring substituents is 1. The molecule has 0 aromatic heterocycles. The summed E-state index contributed by atoms with van der Waals surface area (Å²) in [4.78, 5) is 22.7. The number of hydrogen-bond donors (Lipinski definition) is 1. The molecule has 1 N–H and O–H groups in total. The van der Waals surface area contributed by atoms with E-state index in [1.54, 1.807) is 0 Å². The minimum absolute atomic E-state index is 0.0238. The van der Waals surface area contributed by atoms with Crippen molar-refractivity contribution in [2.24, 2.45) is 0 Å². The van der Waals surface area contributed by atoms with Crippen molar-refractivity contribution in [2.45, 2.75) is 32.4 Å². The predicted molar refractivity (Wildman–Crippen MR) is 107 cm³/mol. The lowest BCUT2D eigenvalue weighted by Gasteiger charge is -2.12. The van der Waals surface area contributed by atoms with Crippen LogP contribution in [0.4, 0.5) is 18.9 Å². The lowest BCUT2D eigenvalue weighted by Crippen LogP contribution is -2.28. The molecule has 0 radical (unpaired) electrons. The van der Waals surface area contributed by atoms with Gasteiger partial charge in [-0.05, 0) is 36.8 Å². The van der Waals surface area contributed by atoms with E-state index < -0.39 is 22.6 Å². The van der Waals surface area contributed by atoms with Gasteiger partial charge in [0.25, 0.3) is 5.69 Å². The zero-order valence-electron chi connectivity index (χ0n) is 16.5. The maximum Gasteiger partial charge on any atom is 0.416 e. The van der Waals surface area contributed by atoms with Crippen LogP contribution < -0.4 is 10.1 Å². The second-order valence-corrected chi connectivity index (χ2v) is 6.88. The first-order chi connectivity index (χ1) is 14.6. The van der Waals surface area contributed by atoms with Crippen LogP contribution in [0.25, 0.3) is 0 Å². The van der Waals surface area contributed by atoms with Crippen LogP contribution in [0.2, 0.25) is 5.02 Å². The third kappa shape index (κ3) is 7.41. The van der Waals surface area contributed by atoms with Crippen LogP contribution in [0, 0.1) is 10.1 Å². The van der Waals surface area contributed by atoms with Gasteiger partial charge in [-0.15, -0.1) is 0 Å². The maximum absolute atomic E-state index is 12.8. The number of carbonyl (C=O) groups excluding carboxylic acids is 1. The van der Waals surface area contributed by atoms with Crippen molar-refractivity contribution in [2.75, 3.05) is 13.3 Å². The van der Waals surface area contributed by atoms with Crippen molar-refractivity contribution >= 4 is 23.2 Å². The zero-order chi connectivity index (χ0) is 23.0. The van der Waals surface area contributed by atoms with Crippen molar-refractivity contribution in [3.63, 3.8) is 0 Å².